The minimum absolute atomic E-state index is 0.00245. The fraction of sp³-hybridized carbons (Fsp3) is 0.333. The first-order valence-electron chi connectivity index (χ1n) is 9.13. The largest absolute Gasteiger partial charge is 0.484 e. The lowest BCUT2D eigenvalue weighted by molar-refractivity contribution is -0.133. The van der Waals surface area contributed by atoms with E-state index in [4.69, 9.17) is 9.47 Å². The van der Waals surface area contributed by atoms with Crippen molar-refractivity contribution in [3.05, 3.63) is 66.2 Å². The maximum absolute atomic E-state index is 12.4. The standard InChI is InChI=1S/C21H24N2O4/c24-20(17-26-19-10-5-2-6-11-19)22-12-7-13-23(15-14-22)21(25)27-16-18-8-3-1-4-9-18/h1-6,8-11H,7,12-17H2. The normalized spacial score (nSPS) is 14.4. The van der Waals surface area contributed by atoms with Crippen LogP contribution in [0, 0.1) is 0 Å². The number of rotatable bonds is 5. The molecule has 1 aliphatic heterocycles. The molecule has 1 heterocycles. The van der Waals surface area contributed by atoms with E-state index in [9.17, 15) is 9.59 Å². The first-order valence-corrected chi connectivity index (χ1v) is 9.13. The van der Waals surface area contributed by atoms with Crippen LogP contribution in [0.15, 0.2) is 60.7 Å². The molecule has 0 atom stereocenters. The first kappa shape index (κ1) is 18.8. The van der Waals surface area contributed by atoms with Gasteiger partial charge in [0.2, 0.25) is 0 Å². The van der Waals surface area contributed by atoms with Gasteiger partial charge in [-0.3, -0.25) is 4.79 Å². The van der Waals surface area contributed by atoms with E-state index in [2.05, 4.69) is 0 Å². The molecule has 1 saturated heterocycles. The molecule has 6 heteroatoms. The van der Waals surface area contributed by atoms with Crippen molar-refractivity contribution in [2.24, 2.45) is 0 Å². The van der Waals surface area contributed by atoms with E-state index in [0.717, 1.165) is 12.0 Å². The summed E-state index contributed by atoms with van der Waals surface area (Å²) in [6.07, 6.45) is 0.381. The maximum Gasteiger partial charge on any atom is 0.410 e. The quantitative estimate of drug-likeness (QED) is 0.814. The van der Waals surface area contributed by atoms with E-state index in [-0.39, 0.29) is 25.2 Å². The second kappa shape index (κ2) is 9.62. The van der Waals surface area contributed by atoms with Crippen LogP contribution in [0.25, 0.3) is 0 Å². The van der Waals surface area contributed by atoms with Crippen LogP contribution in [-0.4, -0.2) is 54.6 Å². The monoisotopic (exact) mass is 368 g/mol. The minimum atomic E-state index is -0.339. The smallest absolute Gasteiger partial charge is 0.410 e. The molecular weight excluding hydrogens is 344 g/mol. The lowest BCUT2D eigenvalue weighted by Crippen LogP contribution is -2.39. The van der Waals surface area contributed by atoms with Crippen molar-refractivity contribution >= 4 is 12.0 Å². The number of hydrogen-bond acceptors (Lipinski definition) is 4. The Morgan fingerprint density at radius 1 is 0.815 bits per heavy atom. The number of carbonyl (C=O) groups excluding carboxylic acids is 2. The molecule has 142 valence electrons. The molecule has 0 unspecified atom stereocenters. The van der Waals surface area contributed by atoms with Crippen molar-refractivity contribution in [1.29, 1.82) is 0 Å². The number of ether oxygens (including phenoxy) is 2. The predicted molar refractivity (Wildman–Crippen MR) is 101 cm³/mol. The number of hydrogen-bond donors (Lipinski definition) is 0. The highest BCUT2D eigenvalue weighted by Crippen LogP contribution is 2.10. The van der Waals surface area contributed by atoms with Crippen molar-refractivity contribution in [2.45, 2.75) is 13.0 Å². The Balaban J connectivity index is 1.43. The molecule has 1 fully saturated rings. The number of carbonyl (C=O) groups is 2. The van der Waals surface area contributed by atoms with Gasteiger partial charge >= 0.3 is 6.09 Å². The maximum atomic E-state index is 12.4. The highest BCUT2D eigenvalue weighted by Gasteiger charge is 2.23. The van der Waals surface area contributed by atoms with Crippen LogP contribution in [0.5, 0.6) is 5.75 Å². The van der Waals surface area contributed by atoms with Crippen molar-refractivity contribution in [3.63, 3.8) is 0 Å². The Bertz CT molecular complexity index is 673. The molecule has 1 aliphatic rings. The minimum Gasteiger partial charge on any atom is -0.484 e. The summed E-state index contributed by atoms with van der Waals surface area (Å²) >= 11 is 0. The second-order valence-corrected chi connectivity index (χ2v) is 6.36. The van der Waals surface area contributed by atoms with Gasteiger partial charge < -0.3 is 19.3 Å². The van der Waals surface area contributed by atoms with Crippen LogP contribution < -0.4 is 4.74 Å². The molecule has 0 radical (unpaired) electrons. The highest BCUT2D eigenvalue weighted by atomic mass is 16.6. The molecule has 0 saturated carbocycles. The fourth-order valence-corrected chi connectivity index (χ4v) is 2.91. The summed E-state index contributed by atoms with van der Waals surface area (Å²) in [6.45, 7) is 2.39. The van der Waals surface area contributed by atoms with Crippen molar-refractivity contribution in [3.8, 4) is 5.75 Å². The average Bonchev–Trinajstić information content (AvgIpc) is 2.98. The summed E-state index contributed by atoms with van der Waals surface area (Å²) in [5.74, 6) is 0.602. The molecule has 2 aromatic carbocycles. The highest BCUT2D eigenvalue weighted by molar-refractivity contribution is 5.78. The van der Waals surface area contributed by atoms with E-state index in [1.807, 2.05) is 60.7 Å². The van der Waals surface area contributed by atoms with Crippen LogP contribution in [0.1, 0.15) is 12.0 Å². The van der Waals surface area contributed by atoms with Crippen LogP contribution in [0.2, 0.25) is 0 Å². The van der Waals surface area contributed by atoms with Gasteiger partial charge in [0.1, 0.15) is 12.4 Å². The summed E-state index contributed by atoms with van der Waals surface area (Å²) in [7, 11) is 0. The van der Waals surface area contributed by atoms with E-state index in [0.29, 0.717) is 31.9 Å². The van der Waals surface area contributed by atoms with Crippen LogP contribution in [0.4, 0.5) is 4.79 Å². The zero-order chi connectivity index (χ0) is 18.9. The average molecular weight is 368 g/mol. The number of para-hydroxylation sites is 1. The fourth-order valence-electron chi connectivity index (χ4n) is 2.91. The van der Waals surface area contributed by atoms with Gasteiger partial charge in [0.25, 0.3) is 5.91 Å². The summed E-state index contributed by atoms with van der Waals surface area (Å²) in [4.78, 5) is 28.1. The van der Waals surface area contributed by atoms with Gasteiger partial charge in [0, 0.05) is 26.2 Å². The lowest BCUT2D eigenvalue weighted by atomic mass is 10.2. The Labute approximate surface area is 159 Å². The number of amides is 2. The molecule has 0 spiro atoms. The van der Waals surface area contributed by atoms with Gasteiger partial charge in [0.15, 0.2) is 6.61 Å². The van der Waals surface area contributed by atoms with Crippen LogP contribution >= 0.6 is 0 Å². The van der Waals surface area contributed by atoms with Gasteiger partial charge in [0.05, 0.1) is 0 Å². The number of benzene rings is 2. The van der Waals surface area contributed by atoms with Gasteiger partial charge in [-0.15, -0.1) is 0 Å². The van der Waals surface area contributed by atoms with Crippen molar-refractivity contribution in [2.75, 3.05) is 32.8 Å². The SMILES string of the molecule is O=C(COc1ccccc1)N1CCCN(C(=O)OCc2ccccc2)CC1. The summed E-state index contributed by atoms with van der Waals surface area (Å²) < 4.78 is 10.9. The molecule has 2 amide bonds. The first-order chi connectivity index (χ1) is 13.2. The summed E-state index contributed by atoms with van der Waals surface area (Å²) in [5, 5.41) is 0. The van der Waals surface area contributed by atoms with Gasteiger partial charge in [-0.05, 0) is 24.1 Å². The van der Waals surface area contributed by atoms with Crippen LogP contribution in [-0.2, 0) is 16.1 Å². The zero-order valence-electron chi connectivity index (χ0n) is 15.3. The topological polar surface area (TPSA) is 59.1 Å². The Morgan fingerprint density at radius 2 is 1.44 bits per heavy atom. The third-order valence-electron chi connectivity index (χ3n) is 4.42. The molecule has 3 rings (SSSR count). The molecule has 0 aromatic heterocycles. The Hall–Kier alpha value is -3.02. The van der Waals surface area contributed by atoms with E-state index in [1.165, 1.54) is 0 Å². The molecule has 0 bridgehead atoms. The third-order valence-corrected chi connectivity index (χ3v) is 4.42. The number of nitrogens with zero attached hydrogens (tertiary/aromatic N) is 2. The second-order valence-electron chi connectivity index (χ2n) is 6.36. The van der Waals surface area contributed by atoms with Crippen molar-refractivity contribution < 1.29 is 19.1 Å². The molecule has 27 heavy (non-hydrogen) atoms. The van der Waals surface area contributed by atoms with Gasteiger partial charge in [-0.25, -0.2) is 4.79 Å². The molecule has 2 aromatic rings. The third kappa shape index (κ3) is 5.74. The van der Waals surface area contributed by atoms with Crippen LogP contribution in [0.3, 0.4) is 0 Å². The van der Waals surface area contributed by atoms with E-state index in [1.54, 1.807) is 9.80 Å². The molecule has 6 nitrogen and oxygen atoms in total. The molecule has 0 N–H and O–H groups in total. The molecular formula is C21H24N2O4. The van der Waals surface area contributed by atoms with E-state index >= 15 is 0 Å². The van der Waals surface area contributed by atoms with Gasteiger partial charge in [-0.2, -0.15) is 0 Å². The van der Waals surface area contributed by atoms with Gasteiger partial charge in [-0.1, -0.05) is 48.5 Å². The Kier molecular flexibility index (Phi) is 6.68. The lowest BCUT2D eigenvalue weighted by Gasteiger charge is -2.22. The zero-order valence-corrected chi connectivity index (χ0v) is 15.3. The van der Waals surface area contributed by atoms with E-state index < -0.39 is 0 Å². The molecule has 0 aliphatic carbocycles. The predicted octanol–water partition coefficient (Wildman–Crippen LogP) is 2.94. The summed E-state index contributed by atoms with van der Waals surface area (Å²) in [6, 6.07) is 18.9. The summed E-state index contributed by atoms with van der Waals surface area (Å²) in [5.41, 5.74) is 0.954. The van der Waals surface area contributed by atoms with Crippen molar-refractivity contribution in [1.82, 2.24) is 9.80 Å². The Morgan fingerprint density at radius 3 is 2.19 bits per heavy atom.